The summed E-state index contributed by atoms with van der Waals surface area (Å²) in [6.07, 6.45) is 4.30. The Morgan fingerprint density at radius 1 is 1.12 bits per heavy atom. The van der Waals surface area contributed by atoms with E-state index in [4.69, 9.17) is 11.6 Å². The van der Waals surface area contributed by atoms with E-state index < -0.39 is 0 Å². The van der Waals surface area contributed by atoms with Gasteiger partial charge >= 0.3 is 0 Å². The standard InChI is InChI=1S/C22H25ClN2O/c1-3-12-24-21(26)13-18(16-9-5-6-11-20(16)23)19-14-25-22-15(4-2)8-7-10-17(19)22/h5-11,14,18,25H,3-4,12-13H2,1-2H3,(H,24,26)/t18-/m1/s1. The number of carbonyl (C=O) groups is 1. The van der Waals surface area contributed by atoms with Gasteiger partial charge in [-0.3, -0.25) is 4.79 Å². The van der Waals surface area contributed by atoms with Gasteiger partial charge < -0.3 is 10.3 Å². The molecule has 1 amide bonds. The number of aromatic nitrogens is 1. The number of nitrogens with one attached hydrogen (secondary N) is 2. The molecule has 0 bridgehead atoms. The zero-order valence-electron chi connectivity index (χ0n) is 15.3. The molecule has 0 aliphatic rings. The molecule has 1 aromatic heterocycles. The summed E-state index contributed by atoms with van der Waals surface area (Å²) < 4.78 is 0. The molecule has 3 rings (SSSR count). The van der Waals surface area contributed by atoms with Crippen LogP contribution in [0.5, 0.6) is 0 Å². The topological polar surface area (TPSA) is 44.9 Å². The summed E-state index contributed by atoms with van der Waals surface area (Å²) in [5.41, 5.74) is 4.54. The Morgan fingerprint density at radius 2 is 1.92 bits per heavy atom. The number of benzene rings is 2. The van der Waals surface area contributed by atoms with Gasteiger partial charge in [-0.15, -0.1) is 0 Å². The third-order valence-corrected chi connectivity index (χ3v) is 5.18. The van der Waals surface area contributed by atoms with E-state index in [1.54, 1.807) is 0 Å². The summed E-state index contributed by atoms with van der Waals surface area (Å²) >= 11 is 6.49. The molecule has 0 aliphatic carbocycles. The molecule has 3 nitrogen and oxygen atoms in total. The molecule has 1 atom stereocenters. The van der Waals surface area contributed by atoms with Gasteiger partial charge in [0.1, 0.15) is 0 Å². The fourth-order valence-corrected chi connectivity index (χ4v) is 3.76. The highest BCUT2D eigenvalue weighted by atomic mass is 35.5. The quantitative estimate of drug-likeness (QED) is 0.573. The number of hydrogen-bond donors (Lipinski definition) is 2. The van der Waals surface area contributed by atoms with Crippen LogP contribution in [0, 0.1) is 0 Å². The van der Waals surface area contributed by atoms with Gasteiger partial charge in [0, 0.05) is 41.0 Å². The van der Waals surface area contributed by atoms with Crippen LogP contribution in [-0.2, 0) is 11.2 Å². The first-order valence-corrected chi connectivity index (χ1v) is 9.63. The van der Waals surface area contributed by atoms with Gasteiger partial charge in [0.05, 0.1) is 0 Å². The molecule has 2 aromatic carbocycles. The Balaban J connectivity index is 2.06. The SMILES string of the molecule is CCCNC(=O)C[C@H](c1ccccc1Cl)c1c[nH]c2c(CC)cccc12. The molecule has 0 spiro atoms. The molecule has 0 saturated heterocycles. The summed E-state index contributed by atoms with van der Waals surface area (Å²) in [6, 6.07) is 14.1. The minimum absolute atomic E-state index is 0.0535. The molecular weight excluding hydrogens is 344 g/mol. The Labute approximate surface area is 159 Å². The average molecular weight is 369 g/mol. The summed E-state index contributed by atoms with van der Waals surface area (Å²) in [7, 11) is 0. The number of para-hydroxylation sites is 1. The smallest absolute Gasteiger partial charge is 0.220 e. The second-order valence-electron chi connectivity index (χ2n) is 6.57. The number of carbonyl (C=O) groups excluding carboxylic acids is 1. The van der Waals surface area contributed by atoms with E-state index in [-0.39, 0.29) is 11.8 Å². The fourth-order valence-electron chi connectivity index (χ4n) is 3.49. The zero-order valence-corrected chi connectivity index (χ0v) is 16.1. The monoisotopic (exact) mass is 368 g/mol. The van der Waals surface area contributed by atoms with Crippen molar-refractivity contribution in [2.45, 2.75) is 39.0 Å². The molecular formula is C22H25ClN2O. The van der Waals surface area contributed by atoms with Crippen molar-refractivity contribution in [3.63, 3.8) is 0 Å². The van der Waals surface area contributed by atoms with Crippen LogP contribution in [0.2, 0.25) is 5.02 Å². The molecule has 0 radical (unpaired) electrons. The molecule has 0 aliphatic heterocycles. The third-order valence-electron chi connectivity index (χ3n) is 4.83. The predicted octanol–water partition coefficient (Wildman–Crippen LogP) is 5.43. The fraction of sp³-hybridized carbons (Fsp3) is 0.318. The number of hydrogen-bond acceptors (Lipinski definition) is 1. The van der Waals surface area contributed by atoms with Gasteiger partial charge in [0.2, 0.25) is 5.91 Å². The van der Waals surface area contributed by atoms with Gasteiger partial charge in [-0.1, -0.05) is 61.8 Å². The maximum atomic E-state index is 12.5. The highest BCUT2D eigenvalue weighted by Gasteiger charge is 2.23. The van der Waals surface area contributed by atoms with Crippen molar-refractivity contribution >= 4 is 28.4 Å². The summed E-state index contributed by atoms with van der Waals surface area (Å²) in [6.45, 7) is 4.90. The van der Waals surface area contributed by atoms with Crippen molar-refractivity contribution in [2.24, 2.45) is 0 Å². The second kappa shape index (κ2) is 8.41. The Bertz CT molecular complexity index is 900. The number of H-pyrrole nitrogens is 1. The summed E-state index contributed by atoms with van der Waals surface area (Å²) in [4.78, 5) is 15.9. The van der Waals surface area contributed by atoms with Crippen molar-refractivity contribution in [1.29, 1.82) is 0 Å². The predicted molar refractivity (Wildman–Crippen MR) is 109 cm³/mol. The molecule has 0 fully saturated rings. The van der Waals surface area contributed by atoms with Crippen molar-refractivity contribution in [1.82, 2.24) is 10.3 Å². The van der Waals surface area contributed by atoms with Crippen LogP contribution >= 0.6 is 11.6 Å². The lowest BCUT2D eigenvalue weighted by Gasteiger charge is -2.18. The van der Waals surface area contributed by atoms with Crippen LogP contribution in [0.1, 0.15) is 49.3 Å². The first-order valence-electron chi connectivity index (χ1n) is 9.25. The van der Waals surface area contributed by atoms with Crippen LogP contribution in [0.3, 0.4) is 0 Å². The normalized spacial score (nSPS) is 12.3. The number of fused-ring (bicyclic) bond motifs is 1. The van der Waals surface area contributed by atoms with Crippen molar-refractivity contribution < 1.29 is 4.79 Å². The number of rotatable bonds is 7. The van der Waals surface area contributed by atoms with E-state index in [0.717, 1.165) is 34.9 Å². The van der Waals surface area contributed by atoms with E-state index in [0.29, 0.717) is 18.0 Å². The Hall–Kier alpha value is -2.26. The van der Waals surface area contributed by atoms with E-state index in [1.165, 1.54) is 5.56 Å². The molecule has 2 N–H and O–H groups in total. The van der Waals surface area contributed by atoms with Crippen molar-refractivity contribution in [3.05, 3.63) is 70.4 Å². The lowest BCUT2D eigenvalue weighted by Crippen LogP contribution is -2.26. The minimum Gasteiger partial charge on any atom is -0.361 e. The molecule has 136 valence electrons. The number of amides is 1. The van der Waals surface area contributed by atoms with Crippen molar-refractivity contribution in [2.75, 3.05) is 6.54 Å². The van der Waals surface area contributed by atoms with Crippen molar-refractivity contribution in [3.8, 4) is 0 Å². The highest BCUT2D eigenvalue weighted by molar-refractivity contribution is 6.31. The van der Waals surface area contributed by atoms with Gasteiger partial charge in [-0.05, 0) is 35.6 Å². The lowest BCUT2D eigenvalue weighted by atomic mass is 9.87. The molecule has 0 saturated carbocycles. The number of aromatic amines is 1. The highest BCUT2D eigenvalue weighted by Crippen LogP contribution is 2.37. The van der Waals surface area contributed by atoms with Crippen LogP contribution in [0.25, 0.3) is 10.9 Å². The lowest BCUT2D eigenvalue weighted by molar-refractivity contribution is -0.121. The first-order chi connectivity index (χ1) is 12.7. The Kier molecular flexibility index (Phi) is 6.00. The maximum absolute atomic E-state index is 12.5. The first kappa shape index (κ1) is 18.5. The van der Waals surface area contributed by atoms with Gasteiger partial charge in [0.25, 0.3) is 0 Å². The Morgan fingerprint density at radius 3 is 2.65 bits per heavy atom. The van der Waals surface area contributed by atoms with Crippen LogP contribution in [0.4, 0.5) is 0 Å². The summed E-state index contributed by atoms with van der Waals surface area (Å²) in [5.74, 6) is -0.0285. The van der Waals surface area contributed by atoms with Crippen LogP contribution in [0.15, 0.2) is 48.7 Å². The largest absolute Gasteiger partial charge is 0.361 e. The van der Waals surface area contributed by atoms with Gasteiger partial charge in [0.15, 0.2) is 0 Å². The molecule has 3 aromatic rings. The number of aryl methyl sites for hydroxylation is 1. The van der Waals surface area contributed by atoms with E-state index in [2.05, 4.69) is 42.3 Å². The average Bonchev–Trinajstić information content (AvgIpc) is 3.09. The molecule has 0 unspecified atom stereocenters. The van der Waals surface area contributed by atoms with E-state index >= 15 is 0 Å². The number of halogens is 1. The zero-order chi connectivity index (χ0) is 18.5. The second-order valence-corrected chi connectivity index (χ2v) is 6.97. The van der Waals surface area contributed by atoms with Gasteiger partial charge in [-0.25, -0.2) is 0 Å². The van der Waals surface area contributed by atoms with E-state index in [9.17, 15) is 4.79 Å². The summed E-state index contributed by atoms with van der Waals surface area (Å²) in [5, 5.41) is 4.85. The molecule has 4 heteroatoms. The third kappa shape index (κ3) is 3.78. The van der Waals surface area contributed by atoms with Crippen LogP contribution in [-0.4, -0.2) is 17.4 Å². The van der Waals surface area contributed by atoms with E-state index in [1.807, 2.05) is 30.5 Å². The maximum Gasteiger partial charge on any atom is 0.220 e. The molecule has 1 heterocycles. The van der Waals surface area contributed by atoms with Crippen LogP contribution < -0.4 is 5.32 Å². The minimum atomic E-state index is -0.0820. The van der Waals surface area contributed by atoms with Gasteiger partial charge in [-0.2, -0.15) is 0 Å². The molecule has 26 heavy (non-hydrogen) atoms.